The molecule has 0 bridgehead atoms. The van der Waals surface area contributed by atoms with Gasteiger partial charge in [-0.05, 0) is 6.92 Å². The Balaban J connectivity index is 2.04. The van der Waals surface area contributed by atoms with Gasteiger partial charge in [0.05, 0.1) is 13.2 Å². The maximum Gasteiger partial charge on any atom is 0.328 e. The number of aryl methyl sites for hydroxylation is 1. The Labute approximate surface area is 107 Å². The number of rotatable bonds is 2. The van der Waals surface area contributed by atoms with Crippen molar-refractivity contribution in [1.82, 2.24) is 14.3 Å². The van der Waals surface area contributed by atoms with Crippen LogP contribution in [0.3, 0.4) is 0 Å². The molecule has 2 heterocycles. The van der Waals surface area contributed by atoms with Crippen LogP contribution in [0.2, 0.25) is 0 Å². The maximum absolute atomic E-state index is 11.9. The Morgan fingerprint density at radius 1 is 1.61 bits per heavy atom. The summed E-state index contributed by atoms with van der Waals surface area (Å²) in [6, 6.07) is -1.46. The largest absolute Gasteiger partial charge is 0.480 e. The van der Waals surface area contributed by atoms with Crippen LogP contribution >= 0.6 is 11.5 Å². The van der Waals surface area contributed by atoms with E-state index in [2.05, 4.69) is 14.7 Å². The van der Waals surface area contributed by atoms with Gasteiger partial charge >= 0.3 is 12.0 Å². The first-order chi connectivity index (χ1) is 8.58. The average molecular weight is 272 g/mol. The highest BCUT2D eigenvalue weighted by Crippen LogP contribution is 2.14. The SMILES string of the molecule is Cc1nsc(NC(=O)N2CCOCC2C(=O)O)n1. The molecule has 1 fully saturated rings. The lowest BCUT2D eigenvalue weighted by Crippen LogP contribution is -2.53. The fourth-order valence-electron chi connectivity index (χ4n) is 1.56. The van der Waals surface area contributed by atoms with Gasteiger partial charge in [-0.25, -0.2) is 14.6 Å². The summed E-state index contributed by atoms with van der Waals surface area (Å²) in [5.74, 6) is -0.523. The first-order valence-electron chi connectivity index (χ1n) is 5.26. The molecule has 98 valence electrons. The zero-order valence-corrected chi connectivity index (χ0v) is 10.4. The van der Waals surface area contributed by atoms with Gasteiger partial charge in [0.2, 0.25) is 5.13 Å². The Morgan fingerprint density at radius 3 is 3.00 bits per heavy atom. The van der Waals surface area contributed by atoms with Crippen LogP contribution in [0.1, 0.15) is 5.82 Å². The fraction of sp³-hybridized carbons (Fsp3) is 0.556. The molecular weight excluding hydrogens is 260 g/mol. The average Bonchev–Trinajstić information content (AvgIpc) is 2.74. The Kier molecular flexibility index (Phi) is 3.72. The third-order valence-corrected chi connectivity index (χ3v) is 3.14. The van der Waals surface area contributed by atoms with Crippen molar-refractivity contribution in [3.63, 3.8) is 0 Å². The van der Waals surface area contributed by atoms with E-state index in [1.807, 2.05) is 0 Å². The predicted molar refractivity (Wildman–Crippen MR) is 62.6 cm³/mol. The number of ether oxygens (including phenoxy) is 1. The van der Waals surface area contributed by atoms with E-state index in [9.17, 15) is 9.59 Å². The van der Waals surface area contributed by atoms with Crippen molar-refractivity contribution >= 4 is 28.7 Å². The van der Waals surface area contributed by atoms with Crippen molar-refractivity contribution in [2.75, 3.05) is 25.1 Å². The zero-order chi connectivity index (χ0) is 13.1. The van der Waals surface area contributed by atoms with E-state index in [-0.39, 0.29) is 13.2 Å². The van der Waals surface area contributed by atoms with Gasteiger partial charge in [0.25, 0.3) is 0 Å². The van der Waals surface area contributed by atoms with E-state index in [4.69, 9.17) is 9.84 Å². The monoisotopic (exact) mass is 272 g/mol. The van der Waals surface area contributed by atoms with Gasteiger partial charge in [0.15, 0.2) is 6.04 Å². The number of nitrogens with one attached hydrogen (secondary N) is 1. The highest BCUT2D eigenvalue weighted by atomic mass is 32.1. The van der Waals surface area contributed by atoms with Gasteiger partial charge < -0.3 is 14.7 Å². The number of carboxylic acids is 1. The normalized spacial score (nSPS) is 19.6. The third kappa shape index (κ3) is 2.74. The molecule has 1 atom stereocenters. The highest BCUT2D eigenvalue weighted by molar-refractivity contribution is 7.09. The molecule has 0 radical (unpaired) electrons. The van der Waals surface area contributed by atoms with Crippen molar-refractivity contribution in [3.05, 3.63) is 5.82 Å². The van der Waals surface area contributed by atoms with E-state index in [0.29, 0.717) is 17.6 Å². The fourth-order valence-corrected chi connectivity index (χ4v) is 2.13. The molecule has 2 N–H and O–H groups in total. The molecule has 0 spiro atoms. The summed E-state index contributed by atoms with van der Waals surface area (Å²) in [5, 5.41) is 11.9. The van der Waals surface area contributed by atoms with Crippen molar-refractivity contribution in [3.8, 4) is 0 Å². The highest BCUT2D eigenvalue weighted by Gasteiger charge is 2.33. The second-order valence-electron chi connectivity index (χ2n) is 3.70. The number of carbonyl (C=O) groups excluding carboxylic acids is 1. The molecule has 1 aliphatic heterocycles. The molecule has 0 aliphatic carbocycles. The minimum atomic E-state index is -1.08. The number of urea groups is 1. The third-order valence-electron chi connectivity index (χ3n) is 2.42. The van der Waals surface area contributed by atoms with Gasteiger partial charge in [0, 0.05) is 18.1 Å². The lowest BCUT2D eigenvalue weighted by molar-refractivity contribution is -0.147. The molecular formula is C9H12N4O4S. The van der Waals surface area contributed by atoms with Crippen molar-refractivity contribution in [1.29, 1.82) is 0 Å². The molecule has 18 heavy (non-hydrogen) atoms. The van der Waals surface area contributed by atoms with Crippen LogP contribution in [-0.2, 0) is 9.53 Å². The number of anilines is 1. The van der Waals surface area contributed by atoms with E-state index in [1.165, 1.54) is 4.90 Å². The van der Waals surface area contributed by atoms with E-state index in [0.717, 1.165) is 11.5 Å². The van der Waals surface area contributed by atoms with Crippen molar-refractivity contribution in [2.45, 2.75) is 13.0 Å². The number of amides is 2. The van der Waals surface area contributed by atoms with Crippen LogP contribution in [0.25, 0.3) is 0 Å². The molecule has 1 aliphatic rings. The van der Waals surface area contributed by atoms with Crippen LogP contribution in [0, 0.1) is 6.92 Å². The summed E-state index contributed by atoms with van der Waals surface area (Å²) in [5.41, 5.74) is 0. The van der Waals surface area contributed by atoms with Gasteiger partial charge in [-0.1, -0.05) is 0 Å². The van der Waals surface area contributed by atoms with Gasteiger partial charge in [-0.3, -0.25) is 5.32 Å². The summed E-state index contributed by atoms with van der Waals surface area (Å²) < 4.78 is 8.98. The molecule has 8 nitrogen and oxygen atoms in total. The van der Waals surface area contributed by atoms with Crippen LogP contribution < -0.4 is 5.32 Å². The first-order valence-corrected chi connectivity index (χ1v) is 6.04. The lowest BCUT2D eigenvalue weighted by Gasteiger charge is -2.32. The molecule has 1 saturated heterocycles. The standard InChI is InChI=1S/C9H12N4O4S/c1-5-10-8(18-12-5)11-9(16)13-2-3-17-4-6(13)7(14)15/h6H,2-4H2,1H3,(H,14,15)(H,10,11,12,16). The molecule has 2 rings (SSSR count). The molecule has 1 unspecified atom stereocenters. The predicted octanol–water partition coefficient (Wildman–Crippen LogP) is 0.164. The van der Waals surface area contributed by atoms with Crippen LogP contribution in [-0.4, -0.2) is 57.2 Å². The van der Waals surface area contributed by atoms with Gasteiger partial charge in [-0.15, -0.1) is 0 Å². The number of hydrogen-bond donors (Lipinski definition) is 2. The smallest absolute Gasteiger partial charge is 0.328 e. The van der Waals surface area contributed by atoms with Gasteiger partial charge in [-0.2, -0.15) is 4.37 Å². The second kappa shape index (κ2) is 5.27. The topological polar surface area (TPSA) is 105 Å². The number of nitrogens with zero attached hydrogens (tertiary/aromatic N) is 3. The van der Waals surface area contributed by atoms with Crippen LogP contribution in [0.4, 0.5) is 9.93 Å². The molecule has 1 aromatic heterocycles. The lowest BCUT2D eigenvalue weighted by atomic mass is 10.2. The van der Waals surface area contributed by atoms with E-state index in [1.54, 1.807) is 6.92 Å². The van der Waals surface area contributed by atoms with Crippen LogP contribution in [0.5, 0.6) is 0 Å². The van der Waals surface area contributed by atoms with E-state index >= 15 is 0 Å². The Bertz CT molecular complexity index is 463. The van der Waals surface area contributed by atoms with Gasteiger partial charge in [0.1, 0.15) is 5.82 Å². The summed E-state index contributed by atoms with van der Waals surface area (Å²) in [6.45, 7) is 2.27. The minimum absolute atomic E-state index is 0.00208. The van der Waals surface area contributed by atoms with Crippen molar-refractivity contribution in [2.24, 2.45) is 0 Å². The van der Waals surface area contributed by atoms with Crippen molar-refractivity contribution < 1.29 is 19.4 Å². The first kappa shape index (κ1) is 12.7. The number of aromatic nitrogens is 2. The number of carboxylic acid groups (broad SMARTS) is 1. The van der Waals surface area contributed by atoms with Crippen LogP contribution in [0.15, 0.2) is 0 Å². The zero-order valence-electron chi connectivity index (χ0n) is 9.62. The summed E-state index contributed by atoms with van der Waals surface area (Å²) in [6.07, 6.45) is 0. The molecule has 1 aromatic rings. The van der Waals surface area contributed by atoms with E-state index < -0.39 is 18.0 Å². The molecule has 9 heteroatoms. The Hall–Kier alpha value is -1.74. The molecule has 2 amide bonds. The number of morpholine rings is 1. The quantitative estimate of drug-likeness (QED) is 0.794. The molecule has 0 saturated carbocycles. The Morgan fingerprint density at radius 2 is 2.39 bits per heavy atom. The summed E-state index contributed by atoms with van der Waals surface area (Å²) in [4.78, 5) is 28.1. The summed E-state index contributed by atoms with van der Waals surface area (Å²) >= 11 is 1.05. The number of carbonyl (C=O) groups is 2. The maximum atomic E-state index is 11.9. The summed E-state index contributed by atoms with van der Waals surface area (Å²) in [7, 11) is 0. The second-order valence-corrected chi connectivity index (χ2v) is 4.45. The number of hydrogen-bond acceptors (Lipinski definition) is 6. The number of aliphatic carboxylic acids is 1. The molecule has 0 aromatic carbocycles. The minimum Gasteiger partial charge on any atom is -0.480 e.